The van der Waals surface area contributed by atoms with E-state index in [1.165, 1.54) is 12.8 Å². The van der Waals surface area contributed by atoms with Crippen molar-refractivity contribution in [1.29, 1.82) is 0 Å². The normalized spacial score (nSPS) is 17.5. The van der Waals surface area contributed by atoms with Gasteiger partial charge in [0.25, 0.3) is 5.91 Å². The van der Waals surface area contributed by atoms with Crippen LogP contribution in [0.25, 0.3) is 0 Å². The largest absolute Gasteiger partial charge is 0.307 e. The van der Waals surface area contributed by atoms with Gasteiger partial charge in [-0.3, -0.25) is 9.48 Å². The Morgan fingerprint density at radius 1 is 1.24 bits per heavy atom. The lowest BCUT2D eigenvalue weighted by Gasteiger charge is -2.31. The second kappa shape index (κ2) is 5.87. The van der Waals surface area contributed by atoms with Gasteiger partial charge in [0, 0.05) is 23.2 Å². The number of fused-ring (bicyclic) bond motifs is 1. The molecule has 0 saturated heterocycles. The Morgan fingerprint density at radius 3 is 2.68 bits per heavy atom. The number of aromatic nitrogens is 2. The van der Waals surface area contributed by atoms with Crippen molar-refractivity contribution in [1.82, 2.24) is 9.78 Å². The Labute approximate surface area is 153 Å². The number of halogens is 1. The standard InChI is InChI=1S/C20H24ClN3O/c1-20(2,3)24-18(12-16(22-24)13-6-7-13)19(25)23-10-4-5-14-11-15(21)8-9-17(14)23/h8-9,11-13H,4-7,10H2,1-3H3. The third kappa shape index (κ3) is 3.08. The fraction of sp³-hybridized carbons (Fsp3) is 0.500. The van der Waals surface area contributed by atoms with Gasteiger partial charge in [0.2, 0.25) is 0 Å². The van der Waals surface area contributed by atoms with Crippen molar-refractivity contribution in [2.24, 2.45) is 0 Å². The first-order valence-electron chi connectivity index (χ1n) is 9.05. The summed E-state index contributed by atoms with van der Waals surface area (Å²) in [6.07, 6.45) is 4.28. The van der Waals surface area contributed by atoms with Crippen LogP contribution in [0.1, 0.15) is 67.7 Å². The van der Waals surface area contributed by atoms with E-state index in [1.807, 2.05) is 33.8 Å². The SMILES string of the molecule is CC(C)(C)n1nc(C2CC2)cc1C(=O)N1CCCc2cc(Cl)ccc21. The van der Waals surface area contributed by atoms with E-state index in [4.69, 9.17) is 16.7 Å². The number of carbonyl (C=O) groups is 1. The molecule has 2 aromatic rings. The Morgan fingerprint density at radius 2 is 2.00 bits per heavy atom. The average molecular weight is 358 g/mol. The molecule has 1 saturated carbocycles. The molecule has 0 atom stereocenters. The van der Waals surface area contributed by atoms with E-state index in [9.17, 15) is 4.79 Å². The van der Waals surface area contributed by atoms with E-state index >= 15 is 0 Å². The van der Waals surface area contributed by atoms with Crippen LogP contribution in [0, 0.1) is 0 Å². The number of hydrogen-bond donors (Lipinski definition) is 0. The van der Waals surface area contributed by atoms with Crippen LogP contribution in [0.5, 0.6) is 0 Å². The predicted molar refractivity (Wildman–Crippen MR) is 101 cm³/mol. The lowest BCUT2D eigenvalue weighted by Crippen LogP contribution is -2.38. The molecule has 25 heavy (non-hydrogen) atoms. The first-order valence-corrected chi connectivity index (χ1v) is 9.43. The van der Waals surface area contributed by atoms with Gasteiger partial charge >= 0.3 is 0 Å². The maximum atomic E-state index is 13.4. The van der Waals surface area contributed by atoms with Gasteiger partial charge in [0.15, 0.2) is 0 Å². The van der Waals surface area contributed by atoms with Crippen molar-refractivity contribution in [3.05, 3.63) is 46.2 Å². The quantitative estimate of drug-likeness (QED) is 0.777. The number of aryl methyl sites for hydroxylation is 1. The second-order valence-electron chi connectivity index (χ2n) is 8.14. The van der Waals surface area contributed by atoms with Crippen molar-refractivity contribution in [3.63, 3.8) is 0 Å². The zero-order valence-corrected chi connectivity index (χ0v) is 15.8. The molecule has 1 fully saturated rings. The summed E-state index contributed by atoms with van der Waals surface area (Å²) in [6, 6.07) is 7.82. The van der Waals surface area contributed by atoms with E-state index in [0.717, 1.165) is 41.4 Å². The van der Waals surface area contributed by atoms with Crippen LogP contribution in [0.4, 0.5) is 5.69 Å². The summed E-state index contributed by atoms with van der Waals surface area (Å²) in [5.41, 5.74) is 3.66. The molecule has 0 spiro atoms. The highest BCUT2D eigenvalue weighted by Crippen LogP contribution is 2.40. The average Bonchev–Trinajstić information content (AvgIpc) is 3.30. The zero-order chi connectivity index (χ0) is 17.8. The highest BCUT2D eigenvalue weighted by Gasteiger charge is 2.33. The van der Waals surface area contributed by atoms with Crippen molar-refractivity contribution < 1.29 is 4.79 Å². The first-order chi connectivity index (χ1) is 11.8. The zero-order valence-electron chi connectivity index (χ0n) is 15.1. The number of benzene rings is 1. The molecule has 132 valence electrons. The molecule has 0 bridgehead atoms. The Hall–Kier alpha value is -1.81. The molecule has 0 radical (unpaired) electrons. The topological polar surface area (TPSA) is 38.1 Å². The number of nitrogens with zero attached hydrogens (tertiary/aromatic N) is 3. The molecule has 1 amide bonds. The summed E-state index contributed by atoms with van der Waals surface area (Å²) >= 11 is 6.13. The third-order valence-electron chi connectivity index (χ3n) is 4.98. The van der Waals surface area contributed by atoms with Crippen molar-refractivity contribution >= 4 is 23.2 Å². The van der Waals surface area contributed by atoms with Crippen molar-refractivity contribution in [2.75, 3.05) is 11.4 Å². The monoisotopic (exact) mass is 357 g/mol. The van der Waals surface area contributed by atoms with E-state index in [0.29, 0.717) is 11.6 Å². The predicted octanol–water partition coefficient (Wildman–Crippen LogP) is 4.76. The Kier molecular flexibility index (Phi) is 3.91. The van der Waals surface area contributed by atoms with E-state index < -0.39 is 0 Å². The second-order valence-corrected chi connectivity index (χ2v) is 8.58. The molecule has 1 aliphatic heterocycles. The van der Waals surface area contributed by atoms with Gasteiger partial charge in [-0.2, -0.15) is 5.10 Å². The lowest BCUT2D eigenvalue weighted by atomic mass is 10.0. The smallest absolute Gasteiger partial charge is 0.276 e. The molecule has 1 aromatic heterocycles. The van der Waals surface area contributed by atoms with Crippen LogP contribution >= 0.6 is 11.6 Å². The summed E-state index contributed by atoms with van der Waals surface area (Å²) < 4.78 is 1.91. The molecule has 2 aliphatic rings. The molecule has 2 heterocycles. The Bertz CT molecular complexity index is 830. The van der Waals surface area contributed by atoms with Gasteiger partial charge in [0.1, 0.15) is 5.69 Å². The number of anilines is 1. The summed E-state index contributed by atoms with van der Waals surface area (Å²) in [5.74, 6) is 0.570. The number of carbonyl (C=O) groups excluding carboxylic acids is 1. The number of amides is 1. The molecule has 0 unspecified atom stereocenters. The molecule has 4 nitrogen and oxygen atoms in total. The molecule has 0 N–H and O–H groups in total. The Balaban J connectivity index is 1.75. The summed E-state index contributed by atoms with van der Waals surface area (Å²) in [4.78, 5) is 15.3. The molecular formula is C20H24ClN3O. The van der Waals surface area contributed by atoms with Crippen LogP contribution < -0.4 is 4.90 Å². The number of hydrogen-bond acceptors (Lipinski definition) is 2. The molecule has 5 heteroatoms. The van der Waals surface area contributed by atoms with E-state index in [1.54, 1.807) is 0 Å². The van der Waals surface area contributed by atoms with Crippen LogP contribution in [0.15, 0.2) is 24.3 Å². The van der Waals surface area contributed by atoms with Gasteiger partial charge in [-0.05, 0) is 76.3 Å². The van der Waals surface area contributed by atoms with Crippen LogP contribution in [0.2, 0.25) is 5.02 Å². The van der Waals surface area contributed by atoms with Crippen molar-refractivity contribution in [2.45, 2.75) is 57.9 Å². The fourth-order valence-corrected chi connectivity index (χ4v) is 3.75. The lowest BCUT2D eigenvalue weighted by molar-refractivity contribution is 0.0967. The molecule has 1 aromatic carbocycles. The summed E-state index contributed by atoms with van der Waals surface area (Å²) in [5, 5.41) is 5.50. The first kappa shape index (κ1) is 16.6. The minimum absolute atomic E-state index is 0.0394. The van der Waals surface area contributed by atoms with Gasteiger partial charge in [0.05, 0.1) is 11.2 Å². The number of rotatable bonds is 2. The maximum absolute atomic E-state index is 13.4. The van der Waals surface area contributed by atoms with Crippen molar-refractivity contribution in [3.8, 4) is 0 Å². The van der Waals surface area contributed by atoms with Gasteiger partial charge in [-0.15, -0.1) is 0 Å². The minimum atomic E-state index is -0.225. The van der Waals surface area contributed by atoms with Gasteiger partial charge in [-0.25, -0.2) is 0 Å². The fourth-order valence-electron chi connectivity index (χ4n) is 3.56. The molecule has 1 aliphatic carbocycles. The summed E-state index contributed by atoms with van der Waals surface area (Å²) in [6.45, 7) is 7.02. The van der Waals surface area contributed by atoms with E-state index in [2.05, 4.69) is 20.8 Å². The third-order valence-corrected chi connectivity index (χ3v) is 5.22. The highest BCUT2D eigenvalue weighted by atomic mass is 35.5. The highest BCUT2D eigenvalue weighted by molar-refractivity contribution is 6.30. The van der Waals surface area contributed by atoms with Gasteiger partial charge in [-0.1, -0.05) is 11.6 Å². The van der Waals surface area contributed by atoms with Crippen LogP contribution in [-0.4, -0.2) is 22.2 Å². The molecular weight excluding hydrogens is 334 g/mol. The van der Waals surface area contributed by atoms with E-state index in [-0.39, 0.29) is 11.4 Å². The minimum Gasteiger partial charge on any atom is -0.307 e. The van der Waals surface area contributed by atoms with Crippen LogP contribution in [-0.2, 0) is 12.0 Å². The van der Waals surface area contributed by atoms with Crippen LogP contribution in [0.3, 0.4) is 0 Å². The summed E-state index contributed by atoms with van der Waals surface area (Å²) in [7, 11) is 0. The maximum Gasteiger partial charge on any atom is 0.276 e. The van der Waals surface area contributed by atoms with Gasteiger partial charge < -0.3 is 4.90 Å². The molecule has 4 rings (SSSR count).